The maximum Gasteiger partial charge on any atom is 0.135 e. The van der Waals surface area contributed by atoms with Gasteiger partial charge in [0.25, 0.3) is 0 Å². The minimum absolute atomic E-state index is 0. The summed E-state index contributed by atoms with van der Waals surface area (Å²) in [6.07, 6.45) is 1.84. The molecule has 7 heteroatoms. The van der Waals surface area contributed by atoms with E-state index in [0.717, 1.165) is 55.8 Å². The van der Waals surface area contributed by atoms with Crippen LogP contribution in [0.25, 0.3) is 59.2 Å². The zero-order valence-corrected chi connectivity index (χ0v) is 31.0. The molecule has 0 bridgehead atoms. The zero-order valence-electron chi connectivity index (χ0n) is 27.9. The van der Waals surface area contributed by atoms with Crippen molar-refractivity contribution < 1.29 is 25.8 Å². The number of pyridine rings is 1. The number of thiophene rings is 1. The third kappa shape index (κ3) is 5.30. The van der Waals surface area contributed by atoms with Crippen molar-refractivity contribution in [2.45, 2.75) is 0 Å². The van der Waals surface area contributed by atoms with Gasteiger partial charge < -0.3 is 19.1 Å². The van der Waals surface area contributed by atoms with E-state index in [1.165, 1.54) is 20.2 Å². The summed E-state index contributed by atoms with van der Waals surface area (Å²) in [4.78, 5) is 9.17. The molecule has 5 nitrogen and oxygen atoms in total. The predicted molar refractivity (Wildman–Crippen MR) is 210 cm³/mol. The first-order chi connectivity index (χ1) is 25.2. The molecule has 0 N–H and O–H groups in total. The monoisotopic (exact) mass is 868 g/mol. The first-order valence-corrected chi connectivity index (χ1v) is 17.7. The third-order valence-corrected chi connectivity index (χ3v) is 10.6. The van der Waals surface area contributed by atoms with Crippen LogP contribution in [0.3, 0.4) is 0 Å². The Kier molecular flexibility index (Phi) is 8.14. The van der Waals surface area contributed by atoms with Crippen molar-refractivity contribution in [1.29, 1.82) is 0 Å². The molecule has 0 atom stereocenters. The van der Waals surface area contributed by atoms with Crippen molar-refractivity contribution in [2.75, 3.05) is 11.9 Å². The Labute approximate surface area is 319 Å². The molecule has 6 aromatic carbocycles. The molecule has 52 heavy (non-hydrogen) atoms. The van der Waals surface area contributed by atoms with Crippen LogP contribution in [-0.4, -0.2) is 21.5 Å². The Bertz CT molecular complexity index is 2780. The van der Waals surface area contributed by atoms with E-state index in [1.807, 2.05) is 60.0 Å². The number of anilines is 1. The number of benzene rings is 6. The fraction of sp³-hybridized carbons (Fsp3) is 0.0222. The summed E-state index contributed by atoms with van der Waals surface area (Å²) in [6.45, 7) is 2.11. The van der Waals surface area contributed by atoms with E-state index < -0.39 is 0 Å². The van der Waals surface area contributed by atoms with Gasteiger partial charge in [-0.05, 0) is 47.8 Å². The molecule has 4 heterocycles. The average molecular weight is 869 g/mol. The summed E-state index contributed by atoms with van der Waals surface area (Å²) in [5, 5.41) is 4.73. The van der Waals surface area contributed by atoms with Crippen molar-refractivity contribution in [3.05, 3.63) is 182 Å². The summed E-state index contributed by atoms with van der Waals surface area (Å²) in [5.41, 5.74) is 7.38. The second kappa shape index (κ2) is 13.1. The standard InChI is InChI=1S/C45H29N4OS.Pt/c1-47-29-48(44(31-15-6-3-7-16-31)43(47)30-13-4-2-5-14-30)32-17-12-18-33(27-32)50-34-22-23-35-36-24-25-40-42(37-19-8-9-20-39(37)51-40)45(36)49(38(35)28-34)41-21-10-11-26-46-41;/h2-26,29H,1H3;/q-3;. The SMILES string of the molecule is CN1[CH-]N(c2[c-]c(Oc3[c-]c4c(cc3)c3ccc5sc6ccccc6c5c3n4-c3ccccn3)ccc2)C(c2ccccc2)=C1c1ccccc1.[Pt]. The summed E-state index contributed by atoms with van der Waals surface area (Å²) >= 11 is 1.82. The number of ether oxygens (including phenoxy) is 1. The van der Waals surface area contributed by atoms with E-state index >= 15 is 0 Å². The third-order valence-electron chi connectivity index (χ3n) is 9.46. The number of aromatic nitrogens is 2. The summed E-state index contributed by atoms with van der Waals surface area (Å²) in [6, 6.07) is 57.5. The molecule has 0 aliphatic carbocycles. The number of hydrogen-bond acceptors (Lipinski definition) is 5. The van der Waals surface area contributed by atoms with E-state index in [0.29, 0.717) is 11.5 Å². The number of hydrogen-bond donors (Lipinski definition) is 0. The van der Waals surface area contributed by atoms with Gasteiger partial charge >= 0.3 is 0 Å². The number of rotatable bonds is 6. The van der Waals surface area contributed by atoms with Gasteiger partial charge in [0, 0.05) is 70.3 Å². The van der Waals surface area contributed by atoms with E-state index in [9.17, 15) is 0 Å². The van der Waals surface area contributed by atoms with Crippen LogP contribution in [0.2, 0.25) is 0 Å². The maximum atomic E-state index is 6.58. The van der Waals surface area contributed by atoms with Crippen LogP contribution in [-0.2, 0) is 21.1 Å². The molecule has 0 saturated heterocycles. The van der Waals surface area contributed by atoms with Crippen LogP contribution in [0, 0.1) is 18.8 Å². The molecule has 0 saturated carbocycles. The van der Waals surface area contributed by atoms with Crippen LogP contribution < -0.4 is 9.64 Å². The molecule has 10 rings (SSSR count). The minimum atomic E-state index is 0. The molecule has 0 fully saturated rings. The van der Waals surface area contributed by atoms with Crippen molar-refractivity contribution in [2.24, 2.45) is 0 Å². The molecular weight excluding hydrogens is 840 g/mol. The second-order valence-corrected chi connectivity index (χ2v) is 13.7. The maximum absolute atomic E-state index is 6.58. The molecular formula is C45H29N4OPtS-3. The summed E-state index contributed by atoms with van der Waals surface area (Å²) < 4.78 is 11.3. The fourth-order valence-electron chi connectivity index (χ4n) is 7.31. The predicted octanol–water partition coefficient (Wildman–Crippen LogP) is 11.3. The Morgan fingerprint density at radius 1 is 0.615 bits per heavy atom. The molecule has 0 unspecified atom stereocenters. The van der Waals surface area contributed by atoms with E-state index in [-0.39, 0.29) is 21.1 Å². The van der Waals surface area contributed by atoms with Gasteiger partial charge in [-0.3, -0.25) is 0 Å². The van der Waals surface area contributed by atoms with Gasteiger partial charge in [0.15, 0.2) is 0 Å². The first kappa shape index (κ1) is 32.2. The Balaban J connectivity index is 0.00000360. The van der Waals surface area contributed by atoms with Crippen LogP contribution in [0.1, 0.15) is 11.1 Å². The van der Waals surface area contributed by atoms with Crippen LogP contribution in [0.15, 0.2) is 152 Å². The summed E-state index contributed by atoms with van der Waals surface area (Å²) in [5.74, 6) is 2.05. The van der Waals surface area contributed by atoms with Gasteiger partial charge in [0.1, 0.15) is 5.82 Å². The molecule has 254 valence electrons. The van der Waals surface area contributed by atoms with E-state index in [1.54, 1.807) is 0 Å². The van der Waals surface area contributed by atoms with E-state index in [2.05, 4.69) is 143 Å². The fourth-order valence-corrected chi connectivity index (χ4v) is 8.42. The van der Waals surface area contributed by atoms with Crippen molar-refractivity contribution in [1.82, 2.24) is 14.5 Å². The van der Waals surface area contributed by atoms with E-state index in [4.69, 9.17) is 9.72 Å². The van der Waals surface area contributed by atoms with Gasteiger partial charge in [0.2, 0.25) is 0 Å². The Hall–Kier alpha value is -5.68. The second-order valence-electron chi connectivity index (χ2n) is 12.6. The van der Waals surface area contributed by atoms with Gasteiger partial charge in [0.05, 0.1) is 5.52 Å². The summed E-state index contributed by atoms with van der Waals surface area (Å²) in [7, 11) is 2.09. The van der Waals surface area contributed by atoms with Crippen LogP contribution >= 0.6 is 11.3 Å². The zero-order chi connectivity index (χ0) is 33.9. The average Bonchev–Trinajstić information content (AvgIpc) is 3.84. The number of fused-ring (bicyclic) bond motifs is 7. The molecule has 0 amide bonds. The van der Waals surface area contributed by atoms with Crippen molar-refractivity contribution in [3.8, 4) is 17.3 Å². The topological polar surface area (TPSA) is 33.5 Å². The first-order valence-electron chi connectivity index (χ1n) is 16.9. The number of nitrogens with zero attached hydrogens (tertiary/aromatic N) is 4. The quantitative estimate of drug-likeness (QED) is 0.156. The molecule has 3 aromatic heterocycles. The molecule has 0 spiro atoms. The molecule has 9 aromatic rings. The van der Waals surface area contributed by atoms with Gasteiger partial charge in [-0.2, -0.15) is 18.8 Å². The molecule has 0 radical (unpaired) electrons. The molecule has 1 aliphatic heterocycles. The van der Waals surface area contributed by atoms with Crippen LogP contribution in [0.5, 0.6) is 11.5 Å². The van der Waals surface area contributed by atoms with Crippen LogP contribution in [0.4, 0.5) is 5.69 Å². The smallest absolute Gasteiger partial charge is 0.135 e. The largest absolute Gasteiger partial charge is 0.509 e. The van der Waals surface area contributed by atoms with Crippen molar-refractivity contribution in [3.63, 3.8) is 0 Å². The Morgan fingerprint density at radius 2 is 1.33 bits per heavy atom. The van der Waals surface area contributed by atoms with Gasteiger partial charge in [-0.1, -0.05) is 96.5 Å². The molecule has 1 aliphatic rings. The van der Waals surface area contributed by atoms with Gasteiger partial charge in [-0.25, -0.2) is 4.98 Å². The van der Waals surface area contributed by atoms with Crippen molar-refractivity contribution >= 4 is 70.4 Å². The normalized spacial score (nSPS) is 13.1. The minimum Gasteiger partial charge on any atom is -0.509 e. The van der Waals surface area contributed by atoms with Gasteiger partial charge in [-0.15, -0.1) is 52.7 Å². The Morgan fingerprint density at radius 3 is 2.12 bits per heavy atom.